The molecule has 1 aliphatic rings. The van der Waals surface area contributed by atoms with Gasteiger partial charge in [0.25, 0.3) is 5.91 Å². The number of aryl methyl sites for hydroxylation is 2. The molecule has 3 heterocycles. The van der Waals surface area contributed by atoms with Crippen molar-refractivity contribution in [2.45, 2.75) is 33.7 Å². The first-order valence-corrected chi connectivity index (χ1v) is 12.7. The smallest absolute Gasteiger partial charge is 0.253 e. The van der Waals surface area contributed by atoms with Crippen LogP contribution in [0.1, 0.15) is 41.6 Å². The van der Waals surface area contributed by atoms with Crippen molar-refractivity contribution in [1.82, 2.24) is 24.4 Å². The molecule has 0 radical (unpaired) electrons. The quantitative estimate of drug-likeness (QED) is 0.394. The minimum absolute atomic E-state index is 0.0611. The number of hydrogen-bond donors (Lipinski definition) is 1. The van der Waals surface area contributed by atoms with Gasteiger partial charge in [0.1, 0.15) is 5.82 Å². The monoisotopic (exact) mass is 495 g/mol. The van der Waals surface area contributed by atoms with Gasteiger partial charge in [-0.05, 0) is 75.7 Å². The second-order valence-corrected chi connectivity index (χ2v) is 9.74. The minimum atomic E-state index is 0.0611. The van der Waals surface area contributed by atoms with Crippen molar-refractivity contribution in [3.8, 4) is 11.4 Å². The largest absolute Gasteiger partial charge is 0.368 e. The van der Waals surface area contributed by atoms with E-state index in [-0.39, 0.29) is 11.9 Å². The maximum atomic E-state index is 13.1. The Labute approximate surface area is 218 Å². The Morgan fingerprint density at radius 2 is 1.70 bits per heavy atom. The normalized spacial score (nSPS) is 13.8. The third-order valence-electron chi connectivity index (χ3n) is 6.74. The molecule has 5 rings (SSSR count). The highest BCUT2D eigenvalue weighted by Crippen LogP contribution is 2.25. The predicted molar refractivity (Wildman–Crippen MR) is 147 cm³/mol. The lowest BCUT2D eigenvalue weighted by Crippen LogP contribution is -2.48. The molecule has 2 aromatic carbocycles. The Kier molecular flexibility index (Phi) is 6.90. The average molecular weight is 496 g/mol. The van der Waals surface area contributed by atoms with Crippen LogP contribution in [-0.2, 0) is 0 Å². The van der Waals surface area contributed by atoms with Gasteiger partial charge in [-0.3, -0.25) is 4.79 Å². The van der Waals surface area contributed by atoms with Gasteiger partial charge in [0, 0.05) is 55.4 Å². The van der Waals surface area contributed by atoms with E-state index in [1.165, 1.54) is 11.3 Å². The second-order valence-electron chi connectivity index (χ2n) is 9.74. The van der Waals surface area contributed by atoms with Crippen molar-refractivity contribution in [3.63, 3.8) is 0 Å². The Morgan fingerprint density at radius 1 is 0.946 bits per heavy atom. The van der Waals surface area contributed by atoms with Crippen LogP contribution in [0.4, 0.5) is 17.3 Å². The summed E-state index contributed by atoms with van der Waals surface area (Å²) in [7, 11) is 0. The molecule has 1 saturated heterocycles. The van der Waals surface area contributed by atoms with E-state index < -0.39 is 0 Å². The summed E-state index contributed by atoms with van der Waals surface area (Å²) in [5.41, 5.74) is 5.74. The van der Waals surface area contributed by atoms with Gasteiger partial charge in [-0.1, -0.05) is 12.1 Å². The fraction of sp³-hybridized carbons (Fsp3) is 0.310. The number of piperazine rings is 1. The molecule has 1 fully saturated rings. The Hall–Kier alpha value is -4.20. The van der Waals surface area contributed by atoms with Gasteiger partial charge in [0.05, 0.1) is 17.6 Å². The number of anilines is 3. The number of hydrogen-bond acceptors (Lipinski definition) is 6. The Morgan fingerprint density at radius 3 is 2.41 bits per heavy atom. The van der Waals surface area contributed by atoms with Crippen molar-refractivity contribution in [1.29, 1.82) is 0 Å². The van der Waals surface area contributed by atoms with E-state index in [9.17, 15) is 4.79 Å². The number of nitrogens with one attached hydrogen (secondary N) is 1. The van der Waals surface area contributed by atoms with Gasteiger partial charge >= 0.3 is 0 Å². The maximum absolute atomic E-state index is 13.1. The van der Waals surface area contributed by atoms with Crippen molar-refractivity contribution in [3.05, 3.63) is 83.9 Å². The summed E-state index contributed by atoms with van der Waals surface area (Å²) in [5, 5.41) is 3.26. The van der Waals surface area contributed by atoms with Gasteiger partial charge in [-0.2, -0.15) is 0 Å². The van der Waals surface area contributed by atoms with Crippen LogP contribution in [0.3, 0.4) is 0 Å². The SMILES string of the molecule is Cc1cccc(N2CCN(C(=O)c3ccc(Nc4nccc(-c5cnc(C)n5C(C)C)n4)cc3)CC2)c1. The standard InChI is InChI=1S/C29H33N7O/c1-20(2)36-22(4)31-19-27(36)26-12-13-30-29(33-26)32-24-10-8-23(9-11-24)28(37)35-16-14-34(15-17-35)25-7-5-6-21(3)18-25/h5-13,18-20H,14-17H2,1-4H3,(H,30,32,33). The lowest BCUT2D eigenvalue weighted by molar-refractivity contribution is 0.0747. The highest BCUT2D eigenvalue weighted by Gasteiger charge is 2.22. The third kappa shape index (κ3) is 5.33. The molecule has 0 unspecified atom stereocenters. The van der Waals surface area contributed by atoms with Gasteiger partial charge in [-0.25, -0.2) is 15.0 Å². The maximum Gasteiger partial charge on any atom is 0.253 e. The minimum Gasteiger partial charge on any atom is -0.368 e. The van der Waals surface area contributed by atoms with E-state index in [1.807, 2.05) is 48.4 Å². The van der Waals surface area contributed by atoms with E-state index in [0.29, 0.717) is 24.6 Å². The third-order valence-corrected chi connectivity index (χ3v) is 6.74. The van der Waals surface area contributed by atoms with Crippen LogP contribution in [0, 0.1) is 13.8 Å². The van der Waals surface area contributed by atoms with Gasteiger partial charge in [0.2, 0.25) is 5.95 Å². The molecule has 190 valence electrons. The highest BCUT2D eigenvalue weighted by molar-refractivity contribution is 5.94. The van der Waals surface area contributed by atoms with Crippen molar-refractivity contribution in [2.24, 2.45) is 0 Å². The summed E-state index contributed by atoms with van der Waals surface area (Å²) in [6.07, 6.45) is 3.59. The summed E-state index contributed by atoms with van der Waals surface area (Å²) in [6, 6.07) is 18.2. The van der Waals surface area contributed by atoms with Gasteiger partial charge < -0.3 is 19.7 Å². The van der Waals surface area contributed by atoms with Crippen LogP contribution in [-0.4, -0.2) is 56.5 Å². The molecule has 0 spiro atoms. The highest BCUT2D eigenvalue weighted by atomic mass is 16.2. The van der Waals surface area contributed by atoms with Crippen LogP contribution in [0.15, 0.2) is 67.0 Å². The Bertz CT molecular complexity index is 1390. The van der Waals surface area contributed by atoms with Crippen LogP contribution < -0.4 is 10.2 Å². The predicted octanol–water partition coefficient (Wildman–Crippen LogP) is 5.24. The topological polar surface area (TPSA) is 79.2 Å². The van der Waals surface area contributed by atoms with E-state index in [2.05, 4.69) is 69.8 Å². The molecule has 8 heteroatoms. The number of imidazole rings is 1. The summed E-state index contributed by atoms with van der Waals surface area (Å²) in [4.78, 5) is 30.9. The van der Waals surface area contributed by atoms with Gasteiger partial charge in [-0.15, -0.1) is 0 Å². The van der Waals surface area contributed by atoms with Crippen LogP contribution in [0.2, 0.25) is 0 Å². The number of rotatable bonds is 6. The molecule has 8 nitrogen and oxygen atoms in total. The molecular formula is C29H33N7O. The molecule has 0 saturated carbocycles. The fourth-order valence-corrected chi connectivity index (χ4v) is 4.86. The molecule has 37 heavy (non-hydrogen) atoms. The van der Waals surface area contributed by atoms with Crippen molar-refractivity contribution in [2.75, 3.05) is 36.4 Å². The molecule has 0 bridgehead atoms. The van der Waals surface area contributed by atoms with E-state index >= 15 is 0 Å². The number of aromatic nitrogens is 4. The average Bonchev–Trinajstić information content (AvgIpc) is 3.31. The molecule has 0 aliphatic carbocycles. The van der Waals surface area contributed by atoms with E-state index in [1.54, 1.807) is 6.20 Å². The van der Waals surface area contributed by atoms with E-state index in [0.717, 1.165) is 36.0 Å². The van der Waals surface area contributed by atoms with Crippen LogP contribution in [0.5, 0.6) is 0 Å². The van der Waals surface area contributed by atoms with Gasteiger partial charge in [0.15, 0.2) is 0 Å². The van der Waals surface area contributed by atoms with Crippen molar-refractivity contribution < 1.29 is 4.79 Å². The zero-order chi connectivity index (χ0) is 25.9. The lowest BCUT2D eigenvalue weighted by atomic mass is 10.1. The molecule has 1 N–H and O–H groups in total. The molecule has 1 aliphatic heterocycles. The molecule has 1 amide bonds. The molecule has 4 aromatic rings. The summed E-state index contributed by atoms with van der Waals surface area (Å²) in [6.45, 7) is 11.4. The molecule has 2 aromatic heterocycles. The zero-order valence-electron chi connectivity index (χ0n) is 21.8. The molecule has 0 atom stereocenters. The van der Waals surface area contributed by atoms with E-state index in [4.69, 9.17) is 4.98 Å². The zero-order valence-corrected chi connectivity index (χ0v) is 21.8. The number of carbonyl (C=O) groups excluding carboxylic acids is 1. The fourth-order valence-electron chi connectivity index (χ4n) is 4.86. The molecular weight excluding hydrogens is 462 g/mol. The van der Waals surface area contributed by atoms with Crippen LogP contribution in [0.25, 0.3) is 11.4 Å². The Balaban J connectivity index is 1.23. The van der Waals surface area contributed by atoms with Crippen molar-refractivity contribution >= 4 is 23.2 Å². The summed E-state index contributed by atoms with van der Waals surface area (Å²) < 4.78 is 2.16. The first-order valence-electron chi connectivity index (χ1n) is 12.7. The second kappa shape index (κ2) is 10.4. The summed E-state index contributed by atoms with van der Waals surface area (Å²) in [5.74, 6) is 1.51. The first kappa shape index (κ1) is 24.5. The number of benzene rings is 2. The summed E-state index contributed by atoms with van der Waals surface area (Å²) >= 11 is 0. The van der Waals surface area contributed by atoms with Crippen LogP contribution >= 0.6 is 0 Å². The number of nitrogens with zero attached hydrogens (tertiary/aromatic N) is 6. The lowest BCUT2D eigenvalue weighted by Gasteiger charge is -2.36. The number of amides is 1. The number of carbonyl (C=O) groups is 1. The first-order chi connectivity index (χ1) is 17.9.